The summed E-state index contributed by atoms with van der Waals surface area (Å²) in [6.07, 6.45) is 3.05. The van der Waals surface area contributed by atoms with E-state index in [1.165, 1.54) is 19.1 Å². The first-order chi connectivity index (χ1) is 19.6. The summed E-state index contributed by atoms with van der Waals surface area (Å²) in [5.41, 5.74) is 7.67. The van der Waals surface area contributed by atoms with Crippen LogP contribution in [0, 0.1) is 11.2 Å². The molecular weight excluding hydrogens is 515 g/mol. The third-order valence-corrected chi connectivity index (χ3v) is 8.61. The van der Waals surface area contributed by atoms with Gasteiger partial charge in [0.1, 0.15) is 23.6 Å². The molecule has 0 bridgehead atoms. The number of nitrogens with one attached hydrogen (secondary N) is 1. The summed E-state index contributed by atoms with van der Waals surface area (Å²) in [7, 11) is -2.58. The van der Waals surface area contributed by atoms with Crippen molar-refractivity contribution in [3.63, 3.8) is 0 Å². The van der Waals surface area contributed by atoms with E-state index in [2.05, 4.69) is 26.2 Å². The zero-order valence-corrected chi connectivity index (χ0v) is 22.5. The molecule has 200 valence electrons. The van der Waals surface area contributed by atoms with Gasteiger partial charge in [0.25, 0.3) is 5.91 Å². The highest BCUT2D eigenvalue weighted by molar-refractivity contribution is 7.96. The molecule has 0 fully saturated rings. The van der Waals surface area contributed by atoms with Crippen LogP contribution in [0.5, 0.6) is 0 Å². The Morgan fingerprint density at radius 1 is 1.26 bits per heavy atom. The average molecular weight is 548 g/mol. The summed E-state index contributed by atoms with van der Waals surface area (Å²) >= 11 is 0. The summed E-state index contributed by atoms with van der Waals surface area (Å²) < 4.78 is 59.4. The lowest BCUT2D eigenvalue weighted by Gasteiger charge is -2.13. The second-order valence-electron chi connectivity index (χ2n) is 10.2. The number of anilines is 2. The molecule has 3 heterocycles. The van der Waals surface area contributed by atoms with Gasteiger partial charge in [-0.2, -0.15) is 4.36 Å². The topological polar surface area (TPSA) is 115 Å². The number of allylic oxidation sites excluding steroid dienone is 1. The Morgan fingerprint density at radius 3 is 2.62 bits per heavy atom. The van der Waals surface area contributed by atoms with Crippen molar-refractivity contribution in [3.8, 4) is 22.4 Å². The number of hydrogen-bond donors (Lipinski definition) is 2. The number of hydrogen-bond acceptors (Lipinski definition) is 6. The number of carbonyl (C=O) groups excluding carboxylic acids is 1. The van der Waals surface area contributed by atoms with Crippen LogP contribution in [0.1, 0.15) is 24.9 Å². The first-order valence-corrected chi connectivity index (χ1v) is 13.8. The van der Waals surface area contributed by atoms with E-state index in [4.69, 9.17) is 9.85 Å². The summed E-state index contributed by atoms with van der Waals surface area (Å²) in [4.78, 5) is 20.4. The molecule has 39 heavy (non-hydrogen) atoms. The predicted molar refractivity (Wildman–Crippen MR) is 155 cm³/mol. The van der Waals surface area contributed by atoms with E-state index in [-0.39, 0.29) is 44.8 Å². The van der Waals surface area contributed by atoms with E-state index in [0.29, 0.717) is 22.6 Å². The van der Waals surface area contributed by atoms with E-state index in [1.807, 2.05) is 19.9 Å². The van der Waals surface area contributed by atoms with Crippen LogP contribution >= 0.6 is 0 Å². The lowest BCUT2D eigenvalue weighted by atomic mass is 9.98. The second kappa shape index (κ2) is 9.46. The molecule has 0 radical (unpaired) electrons. The highest BCUT2D eigenvalue weighted by atomic mass is 32.2. The number of benzene rings is 2. The number of aromatic nitrogens is 3. The van der Waals surface area contributed by atoms with Crippen LogP contribution in [0.15, 0.2) is 76.8 Å². The van der Waals surface area contributed by atoms with Crippen molar-refractivity contribution in [1.29, 1.82) is 0 Å². The van der Waals surface area contributed by atoms with Crippen molar-refractivity contribution >= 4 is 43.9 Å². The minimum absolute atomic E-state index is 0.00149. The maximum Gasteiger partial charge on any atom is 0.250 e. The summed E-state index contributed by atoms with van der Waals surface area (Å²) in [6, 6.07) is 10.6. The van der Waals surface area contributed by atoms with Crippen LogP contribution in [0.3, 0.4) is 0 Å². The zero-order chi connectivity index (χ0) is 30.6. The van der Waals surface area contributed by atoms with E-state index in [0.717, 1.165) is 17.0 Å². The molecule has 1 amide bonds. The number of nitrogen functional groups attached to an aromatic ring is 1. The van der Waals surface area contributed by atoms with Gasteiger partial charge in [0, 0.05) is 44.6 Å². The highest BCUT2D eigenvalue weighted by Gasteiger charge is 2.27. The monoisotopic (exact) mass is 547 g/mol. The van der Waals surface area contributed by atoms with Crippen molar-refractivity contribution in [2.45, 2.75) is 20.8 Å². The molecule has 0 aliphatic carbocycles. The minimum Gasteiger partial charge on any atom is -0.383 e. The number of carbonyl (C=O) groups is 1. The number of fused-ring (bicyclic) bond motifs is 1. The van der Waals surface area contributed by atoms with E-state index < -0.39 is 28.4 Å². The van der Waals surface area contributed by atoms with Gasteiger partial charge in [0.15, 0.2) is 0 Å². The molecule has 2 aromatic heterocycles. The fraction of sp³-hybridized carbons (Fsp3) is 0.207. The lowest BCUT2D eigenvalue weighted by molar-refractivity contribution is -0.112. The number of rotatable bonds is 5. The third kappa shape index (κ3) is 4.95. The van der Waals surface area contributed by atoms with E-state index >= 15 is 4.39 Å². The van der Waals surface area contributed by atoms with Gasteiger partial charge in [-0.1, -0.05) is 38.6 Å². The van der Waals surface area contributed by atoms with Crippen molar-refractivity contribution < 1.29 is 17.5 Å². The van der Waals surface area contributed by atoms with Gasteiger partial charge in [-0.15, -0.1) is 0 Å². The number of nitrogens with two attached hydrogens (primary N) is 1. The van der Waals surface area contributed by atoms with Crippen LogP contribution in [0.25, 0.3) is 33.4 Å². The van der Waals surface area contributed by atoms with Gasteiger partial charge in [0.05, 0.1) is 26.5 Å². The molecule has 0 saturated heterocycles. The Bertz CT molecular complexity index is 1920. The molecule has 0 spiro atoms. The molecule has 0 saturated carbocycles. The highest BCUT2D eigenvalue weighted by Crippen LogP contribution is 2.43. The van der Waals surface area contributed by atoms with Crippen LogP contribution in [-0.2, 0) is 21.5 Å². The molecule has 1 aliphatic heterocycles. The molecule has 10 heteroatoms. The third-order valence-electron chi connectivity index (χ3n) is 6.38. The van der Waals surface area contributed by atoms with Gasteiger partial charge >= 0.3 is 0 Å². The number of nitrogens with zero attached hydrogens (tertiary/aromatic N) is 4. The number of halogens is 1. The van der Waals surface area contributed by atoms with Crippen LogP contribution in [0.4, 0.5) is 21.6 Å². The van der Waals surface area contributed by atoms with E-state index in [1.54, 1.807) is 29.7 Å². The standard InChI is InChI=1S/C29H29FN6O2S/c1-17(2)28(37)34-20-10-11-21(22(30)14-20)25-23(24-26(31)32-16-33-27(24)36(25)5)18-6-8-19(9-7-18)35-39(38)13-12-29(3,4)15-39/h6-14,16H,1,15H2,2-5H3,(H,34,37)(H2,31,32,33)/i5D3. The summed E-state index contributed by atoms with van der Waals surface area (Å²) in [5, 5.41) is 4.43. The van der Waals surface area contributed by atoms with Gasteiger partial charge in [0.2, 0.25) is 0 Å². The van der Waals surface area contributed by atoms with Crippen molar-refractivity contribution in [3.05, 3.63) is 78.2 Å². The normalized spacial score (nSPS) is 19.3. The Morgan fingerprint density at radius 2 is 2.00 bits per heavy atom. The maximum atomic E-state index is 15.8. The van der Waals surface area contributed by atoms with Gasteiger partial charge in [-0.25, -0.2) is 18.6 Å². The van der Waals surface area contributed by atoms with Gasteiger partial charge < -0.3 is 15.6 Å². The zero-order valence-electron chi connectivity index (χ0n) is 24.7. The predicted octanol–water partition coefficient (Wildman–Crippen LogP) is 6.19. The Balaban J connectivity index is 1.73. The molecule has 1 aliphatic rings. The molecule has 5 rings (SSSR count). The average Bonchev–Trinajstić information content (AvgIpc) is 3.38. The van der Waals surface area contributed by atoms with Crippen molar-refractivity contribution in [1.82, 2.24) is 14.5 Å². The summed E-state index contributed by atoms with van der Waals surface area (Å²) in [5.74, 6) is -0.852. The second-order valence-corrected chi connectivity index (χ2v) is 12.3. The first-order valence-electron chi connectivity index (χ1n) is 13.6. The molecule has 3 N–H and O–H groups in total. The maximum absolute atomic E-state index is 15.8. The summed E-state index contributed by atoms with van der Waals surface area (Å²) in [6.45, 7) is 6.30. The number of aryl methyl sites for hydroxylation is 1. The van der Waals surface area contributed by atoms with Gasteiger partial charge in [-0.05, 0) is 48.2 Å². The molecule has 2 aromatic carbocycles. The fourth-order valence-corrected chi connectivity index (χ4v) is 6.99. The molecule has 1 unspecified atom stereocenters. The lowest BCUT2D eigenvalue weighted by Crippen LogP contribution is -2.13. The quantitative estimate of drug-likeness (QED) is 0.289. The number of amides is 1. The SMILES string of the molecule is [2H]C([2H])([2H])n1c(-c2ccc(NC(=O)C(=C)C)cc2F)c(-c2ccc(N=S3(=O)C=CC(C)(C)C3)cc2)c2c(N)ncnc21. The Kier molecular flexibility index (Phi) is 5.50. The molecule has 8 nitrogen and oxygen atoms in total. The fourth-order valence-electron chi connectivity index (χ4n) is 4.54. The van der Waals surface area contributed by atoms with Crippen molar-refractivity contribution in [2.24, 2.45) is 16.8 Å². The molecule has 1 atom stereocenters. The van der Waals surface area contributed by atoms with Crippen LogP contribution in [0.2, 0.25) is 0 Å². The molecular formula is C29H29FN6O2S. The van der Waals surface area contributed by atoms with Gasteiger partial charge in [-0.3, -0.25) is 4.79 Å². The Hall–Kier alpha value is -4.31. The largest absolute Gasteiger partial charge is 0.383 e. The van der Waals surface area contributed by atoms with Crippen LogP contribution < -0.4 is 11.1 Å². The molecule has 4 aromatic rings. The Labute approximate surface area is 230 Å². The minimum atomic E-state index is -2.78. The smallest absolute Gasteiger partial charge is 0.250 e. The van der Waals surface area contributed by atoms with E-state index in [9.17, 15) is 9.00 Å². The first kappa shape index (κ1) is 22.7. The van der Waals surface area contributed by atoms with Crippen LogP contribution in [-0.4, -0.2) is 30.4 Å². The van der Waals surface area contributed by atoms with Crippen molar-refractivity contribution in [2.75, 3.05) is 16.8 Å².